The van der Waals surface area contributed by atoms with E-state index in [0.717, 1.165) is 43.4 Å². The molecule has 1 saturated heterocycles. The first kappa shape index (κ1) is 24.3. The summed E-state index contributed by atoms with van der Waals surface area (Å²) in [5.74, 6) is -0.286. The number of rotatable bonds is 8. The normalized spacial score (nSPS) is 14.8. The van der Waals surface area contributed by atoms with Gasteiger partial charge in [0.1, 0.15) is 11.5 Å². The summed E-state index contributed by atoms with van der Waals surface area (Å²) in [6.07, 6.45) is 0. The Balaban J connectivity index is 1.24. The molecule has 1 N–H and O–H groups in total. The average molecular weight is 502 g/mol. The molecule has 0 unspecified atom stereocenters. The summed E-state index contributed by atoms with van der Waals surface area (Å²) >= 11 is 6.09. The van der Waals surface area contributed by atoms with Gasteiger partial charge in [-0.15, -0.1) is 0 Å². The van der Waals surface area contributed by atoms with Crippen molar-refractivity contribution in [2.24, 2.45) is 0 Å². The molecular formula is C25H28ClN3O4S. The van der Waals surface area contributed by atoms with E-state index in [1.165, 1.54) is 6.07 Å². The Bertz CT molecular complexity index is 1250. The molecule has 1 aromatic heterocycles. The number of piperazine rings is 1. The summed E-state index contributed by atoms with van der Waals surface area (Å²) in [5, 5.41) is 3.59. The lowest BCUT2D eigenvalue weighted by molar-refractivity contribution is 0.0918. The first-order valence-electron chi connectivity index (χ1n) is 11.2. The van der Waals surface area contributed by atoms with Crippen molar-refractivity contribution in [3.8, 4) is 0 Å². The van der Waals surface area contributed by atoms with Crippen molar-refractivity contribution in [3.05, 3.63) is 82.8 Å². The predicted molar refractivity (Wildman–Crippen MR) is 133 cm³/mol. The number of furan rings is 1. The second kappa shape index (κ2) is 10.6. The van der Waals surface area contributed by atoms with Crippen molar-refractivity contribution in [2.75, 3.05) is 44.2 Å². The van der Waals surface area contributed by atoms with Gasteiger partial charge in [0.15, 0.2) is 15.6 Å². The number of aryl methyl sites for hydroxylation is 1. The molecule has 1 aliphatic heterocycles. The second-order valence-electron chi connectivity index (χ2n) is 8.36. The number of amides is 1. The van der Waals surface area contributed by atoms with Gasteiger partial charge in [0.2, 0.25) is 0 Å². The maximum atomic E-state index is 12.7. The van der Waals surface area contributed by atoms with Crippen LogP contribution in [0.2, 0.25) is 5.02 Å². The molecule has 9 heteroatoms. The Morgan fingerprint density at radius 2 is 1.79 bits per heavy atom. The van der Waals surface area contributed by atoms with Crippen molar-refractivity contribution < 1.29 is 17.6 Å². The minimum Gasteiger partial charge on any atom is -0.455 e. The van der Waals surface area contributed by atoms with Crippen LogP contribution in [0.4, 0.5) is 5.69 Å². The lowest BCUT2D eigenvalue weighted by Crippen LogP contribution is -2.48. The highest BCUT2D eigenvalue weighted by Crippen LogP contribution is 2.22. The number of nitrogens with zero attached hydrogens (tertiary/aromatic N) is 2. The molecule has 0 atom stereocenters. The lowest BCUT2D eigenvalue weighted by atomic mass is 10.2. The third-order valence-electron chi connectivity index (χ3n) is 5.91. The third kappa shape index (κ3) is 6.00. The van der Waals surface area contributed by atoms with E-state index >= 15 is 0 Å². The highest BCUT2D eigenvalue weighted by atomic mass is 35.5. The van der Waals surface area contributed by atoms with E-state index in [0.29, 0.717) is 12.1 Å². The molecule has 0 saturated carbocycles. The van der Waals surface area contributed by atoms with Gasteiger partial charge in [-0.1, -0.05) is 35.9 Å². The molecule has 1 aliphatic rings. The van der Waals surface area contributed by atoms with E-state index in [4.69, 9.17) is 16.0 Å². The van der Waals surface area contributed by atoms with Crippen LogP contribution in [-0.4, -0.2) is 58.5 Å². The highest BCUT2D eigenvalue weighted by Gasteiger charge is 2.21. The van der Waals surface area contributed by atoms with Crippen molar-refractivity contribution in [3.63, 3.8) is 0 Å². The Labute approximate surface area is 205 Å². The quantitative estimate of drug-likeness (QED) is 0.506. The standard InChI is InChI=1S/C25H28ClN3O4S/c1-19-5-2-3-8-24(19)34(31,32)18-22-9-10-23(33-22)25(30)27-11-12-28-13-15-29(16-14-28)21-7-4-6-20(26)17-21/h2-10,17H,11-16,18H2,1H3,(H,27,30). The predicted octanol–water partition coefficient (Wildman–Crippen LogP) is 3.77. The molecule has 0 bridgehead atoms. The lowest BCUT2D eigenvalue weighted by Gasteiger charge is -2.36. The largest absolute Gasteiger partial charge is 0.455 e. The fraction of sp³-hybridized carbons (Fsp3) is 0.320. The zero-order valence-electron chi connectivity index (χ0n) is 19.0. The van der Waals surface area contributed by atoms with Crippen molar-refractivity contribution in [1.29, 1.82) is 0 Å². The summed E-state index contributed by atoms with van der Waals surface area (Å²) < 4.78 is 30.9. The van der Waals surface area contributed by atoms with Crippen LogP contribution >= 0.6 is 11.6 Å². The number of nitrogens with one attached hydrogen (secondary N) is 1. The average Bonchev–Trinajstić information content (AvgIpc) is 3.27. The van der Waals surface area contributed by atoms with E-state index in [9.17, 15) is 13.2 Å². The van der Waals surface area contributed by atoms with Crippen LogP contribution in [-0.2, 0) is 15.6 Å². The molecule has 0 spiro atoms. The summed E-state index contributed by atoms with van der Waals surface area (Å²) in [6.45, 7) is 6.54. The van der Waals surface area contributed by atoms with Gasteiger partial charge in [0, 0.05) is 50.0 Å². The van der Waals surface area contributed by atoms with E-state index < -0.39 is 9.84 Å². The van der Waals surface area contributed by atoms with Crippen LogP contribution in [0.25, 0.3) is 0 Å². The molecule has 2 aromatic carbocycles. The van der Waals surface area contributed by atoms with Gasteiger partial charge in [-0.25, -0.2) is 8.42 Å². The molecule has 1 amide bonds. The van der Waals surface area contributed by atoms with E-state index in [-0.39, 0.29) is 28.1 Å². The number of halogens is 1. The molecular weight excluding hydrogens is 474 g/mol. The maximum absolute atomic E-state index is 12.7. The number of carbonyl (C=O) groups excluding carboxylic acids is 1. The van der Waals surface area contributed by atoms with Gasteiger partial charge in [-0.05, 0) is 48.9 Å². The van der Waals surface area contributed by atoms with Gasteiger partial charge >= 0.3 is 0 Å². The fourth-order valence-electron chi connectivity index (χ4n) is 4.07. The minimum atomic E-state index is -3.56. The Morgan fingerprint density at radius 3 is 2.53 bits per heavy atom. The Kier molecular flexibility index (Phi) is 7.60. The molecule has 0 radical (unpaired) electrons. The first-order valence-corrected chi connectivity index (χ1v) is 13.2. The molecule has 7 nitrogen and oxygen atoms in total. The van der Waals surface area contributed by atoms with Crippen molar-refractivity contribution in [1.82, 2.24) is 10.2 Å². The highest BCUT2D eigenvalue weighted by molar-refractivity contribution is 7.90. The number of benzene rings is 2. The molecule has 1 fully saturated rings. The topological polar surface area (TPSA) is 82.9 Å². The van der Waals surface area contributed by atoms with Gasteiger partial charge < -0.3 is 14.6 Å². The minimum absolute atomic E-state index is 0.112. The first-order chi connectivity index (χ1) is 16.3. The zero-order valence-corrected chi connectivity index (χ0v) is 20.6. The Morgan fingerprint density at radius 1 is 1.03 bits per heavy atom. The van der Waals surface area contributed by atoms with E-state index in [2.05, 4.69) is 21.2 Å². The van der Waals surface area contributed by atoms with Gasteiger partial charge in [-0.2, -0.15) is 0 Å². The maximum Gasteiger partial charge on any atom is 0.287 e. The van der Waals surface area contributed by atoms with Gasteiger partial charge in [0.05, 0.1) is 4.90 Å². The summed E-state index contributed by atoms with van der Waals surface area (Å²) in [5.41, 5.74) is 1.80. The van der Waals surface area contributed by atoms with Crippen LogP contribution in [0.3, 0.4) is 0 Å². The summed E-state index contributed by atoms with van der Waals surface area (Å²) in [4.78, 5) is 17.3. The van der Waals surface area contributed by atoms with Crippen LogP contribution in [0.15, 0.2) is 70.0 Å². The monoisotopic (exact) mass is 501 g/mol. The zero-order chi connectivity index (χ0) is 24.1. The number of carbonyl (C=O) groups is 1. The van der Waals surface area contributed by atoms with Crippen LogP contribution in [0.5, 0.6) is 0 Å². The van der Waals surface area contributed by atoms with Crippen LogP contribution < -0.4 is 10.2 Å². The van der Waals surface area contributed by atoms with Gasteiger partial charge in [0.25, 0.3) is 5.91 Å². The smallest absolute Gasteiger partial charge is 0.287 e. The third-order valence-corrected chi connectivity index (χ3v) is 7.93. The van der Waals surface area contributed by atoms with E-state index in [1.54, 1.807) is 37.3 Å². The number of hydrogen-bond acceptors (Lipinski definition) is 6. The molecule has 2 heterocycles. The molecule has 180 valence electrons. The molecule has 0 aliphatic carbocycles. The van der Waals surface area contributed by atoms with Gasteiger partial charge in [-0.3, -0.25) is 9.69 Å². The number of sulfone groups is 1. The number of anilines is 1. The van der Waals surface area contributed by atoms with E-state index in [1.807, 2.05) is 18.2 Å². The Hall–Kier alpha value is -2.81. The summed E-state index contributed by atoms with van der Waals surface area (Å²) in [6, 6.07) is 17.7. The van der Waals surface area contributed by atoms with Crippen LogP contribution in [0.1, 0.15) is 21.9 Å². The SMILES string of the molecule is Cc1ccccc1S(=O)(=O)Cc1ccc(C(=O)NCCN2CCN(c3cccc(Cl)c3)CC2)o1. The summed E-state index contributed by atoms with van der Waals surface area (Å²) in [7, 11) is -3.56. The molecule has 34 heavy (non-hydrogen) atoms. The van der Waals surface area contributed by atoms with Crippen molar-refractivity contribution in [2.45, 2.75) is 17.6 Å². The van der Waals surface area contributed by atoms with Crippen molar-refractivity contribution >= 4 is 33.0 Å². The molecule has 4 rings (SSSR count). The fourth-order valence-corrected chi connectivity index (χ4v) is 5.78. The second-order valence-corrected chi connectivity index (χ2v) is 10.7. The molecule has 3 aromatic rings. The van der Waals surface area contributed by atoms with Crippen LogP contribution in [0, 0.1) is 6.92 Å². The number of hydrogen-bond donors (Lipinski definition) is 1.